The molecule has 1 rings (SSSR count). The van der Waals surface area contributed by atoms with Crippen molar-refractivity contribution in [3.05, 3.63) is 17.0 Å². The van der Waals surface area contributed by atoms with Crippen LogP contribution in [-0.2, 0) is 24.1 Å². The van der Waals surface area contributed by atoms with Gasteiger partial charge in [0.1, 0.15) is 0 Å². The molecule has 1 N–H and O–H groups in total. The van der Waals surface area contributed by atoms with Crippen molar-refractivity contribution in [3.63, 3.8) is 0 Å². The predicted molar refractivity (Wildman–Crippen MR) is 75.8 cm³/mol. The first-order chi connectivity index (χ1) is 8.62. The first-order valence-electron chi connectivity index (χ1n) is 6.78. The maximum absolute atomic E-state index is 11.0. The second-order valence-electron chi connectivity index (χ2n) is 3.66. The van der Waals surface area contributed by atoms with Gasteiger partial charge in [-0.1, -0.05) is 34.6 Å². The van der Waals surface area contributed by atoms with Crippen molar-refractivity contribution < 1.29 is 4.79 Å². The van der Waals surface area contributed by atoms with Crippen molar-refractivity contribution in [1.29, 1.82) is 0 Å². The van der Waals surface area contributed by atoms with Gasteiger partial charge in [0, 0.05) is 18.3 Å². The van der Waals surface area contributed by atoms with Gasteiger partial charge in [-0.25, -0.2) is 9.97 Å². The maximum Gasteiger partial charge on any atom is 0.229 e. The van der Waals surface area contributed by atoms with Crippen molar-refractivity contribution in [1.82, 2.24) is 9.97 Å². The second-order valence-corrected chi connectivity index (χ2v) is 3.66. The summed E-state index contributed by atoms with van der Waals surface area (Å²) >= 11 is 0. The van der Waals surface area contributed by atoms with Crippen LogP contribution >= 0.6 is 0 Å². The Labute approximate surface area is 110 Å². The highest BCUT2D eigenvalue weighted by Crippen LogP contribution is 2.16. The van der Waals surface area contributed by atoms with Gasteiger partial charge >= 0.3 is 0 Å². The average molecular weight is 251 g/mol. The predicted octanol–water partition coefficient (Wildman–Crippen LogP) is 3.15. The number of aryl methyl sites for hydroxylation is 2. The molecule has 0 saturated carbocycles. The summed E-state index contributed by atoms with van der Waals surface area (Å²) in [7, 11) is 0. The third kappa shape index (κ3) is 4.43. The zero-order chi connectivity index (χ0) is 14.1. The highest BCUT2D eigenvalue weighted by Gasteiger charge is 2.11. The third-order valence-corrected chi connectivity index (χ3v) is 2.49. The summed E-state index contributed by atoms with van der Waals surface area (Å²) < 4.78 is 0. The van der Waals surface area contributed by atoms with Crippen LogP contribution < -0.4 is 5.32 Å². The number of carbonyl (C=O) groups excluding carboxylic acids is 1. The monoisotopic (exact) mass is 251 g/mol. The molecule has 1 amide bonds. The lowest BCUT2D eigenvalue weighted by Crippen LogP contribution is -2.13. The number of hydrogen-bond acceptors (Lipinski definition) is 3. The Kier molecular flexibility index (Phi) is 7.92. The van der Waals surface area contributed by atoms with Gasteiger partial charge in [-0.3, -0.25) is 10.1 Å². The van der Waals surface area contributed by atoms with Crippen LogP contribution in [0.25, 0.3) is 0 Å². The lowest BCUT2D eigenvalue weighted by Gasteiger charge is -2.12. The number of anilines is 1. The van der Waals surface area contributed by atoms with E-state index in [2.05, 4.69) is 36.1 Å². The molecule has 1 aromatic rings. The van der Waals surface area contributed by atoms with Gasteiger partial charge in [0.15, 0.2) is 0 Å². The van der Waals surface area contributed by atoms with Crippen LogP contribution in [0.15, 0.2) is 0 Å². The van der Waals surface area contributed by atoms with Crippen LogP contribution in [0.2, 0.25) is 0 Å². The highest BCUT2D eigenvalue weighted by molar-refractivity contribution is 5.86. The molecule has 0 fully saturated rings. The van der Waals surface area contributed by atoms with E-state index in [4.69, 9.17) is 0 Å². The van der Waals surface area contributed by atoms with Crippen molar-refractivity contribution in [2.75, 3.05) is 5.32 Å². The molecule has 0 aliphatic carbocycles. The first-order valence-corrected chi connectivity index (χ1v) is 6.78. The summed E-state index contributed by atoms with van der Waals surface area (Å²) in [6.07, 6.45) is 2.67. The number of nitrogens with zero attached hydrogens (tertiary/aromatic N) is 2. The molecule has 102 valence electrons. The molecule has 0 aliphatic heterocycles. The van der Waals surface area contributed by atoms with Crippen LogP contribution in [0.1, 0.15) is 58.5 Å². The lowest BCUT2D eigenvalue weighted by atomic mass is 10.1. The van der Waals surface area contributed by atoms with Crippen LogP contribution in [0.3, 0.4) is 0 Å². The lowest BCUT2D eigenvalue weighted by molar-refractivity contribution is -0.114. The first kappa shape index (κ1) is 16.6. The van der Waals surface area contributed by atoms with Crippen molar-refractivity contribution in [2.24, 2.45) is 0 Å². The molecule has 1 aromatic heterocycles. The molecule has 0 saturated heterocycles. The molecule has 0 aromatic carbocycles. The number of nitrogens with one attached hydrogen (secondary N) is 1. The largest absolute Gasteiger partial charge is 0.295 e. The average Bonchev–Trinajstić information content (AvgIpc) is 2.39. The Morgan fingerprint density at radius 2 is 1.44 bits per heavy atom. The Hall–Kier alpha value is -1.45. The molecule has 18 heavy (non-hydrogen) atoms. The van der Waals surface area contributed by atoms with Crippen LogP contribution in [-0.4, -0.2) is 15.9 Å². The number of hydrogen-bond donors (Lipinski definition) is 1. The minimum atomic E-state index is -0.131. The van der Waals surface area contributed by atoms with Crippen molar-refractivity contribution >= 4 is 11.9 Å². The van der Waals surface area contributed by atoms with Gasteiger partial charge in [-0.15, -0.1) is 0 Å². The number of amides is 1. The fraction of sp³-hybridized carbons (Fsp3) is 0.643. The zero-order valence-electron chi connectivity index (χ0n) is 12.4. The van der Waals surface area contributed by atoms with E-state index >= 15 is 0 Å². The molecule has 0 atom stereocenters. The van der Waals surface area contributed by atoms with Gasteiger partial charge in [-0.05, 0) is 24.8 Å². The summed E-state index contributed by atoms with van der Waals surface area (Å²) in [6.45, 7) is 11.7. The molecule has 4 nitrogen and oxygen atoms in total. The summed E-state index contributed by atoms with van der Waals surface area (Å²) in [5.41, 5.74) is 3.30. The highest BCUT2D eigenvalue weighted by atomic mass is 16.1. The van der Waals surface area contributed by atoms with Crippen molar-refractivity contribution in [3.8, 4) is 0 Å². The topological polar surface area (TPSA) is 54.9 Å². The number of carbonyl (C=O) groups is 1. The van der Waals surface area contributed by atoms with Gasteiger partial charge < -0.3 is 0 Å². The van der Waals surface area contributed by atoms with Crippen LogP contribution in [0.5, 0.6) is 0 Å². The summed E-state index contributed by atoms with van der Waals surface area (Å²) in [5.74, 6) is 0.298. The van der Waals surface area contributed by atoms with Crippen LogP contribution in [0.4, 0.5) is 5.95 Å². The Balaban J connectivity index is 0.00000137. The quantitative estimate of drug-likeness (QED) is 0.894. The molecule has 4 heteroatoms. The molecule has 0 radical (unpaired) electrons. The van der Waals surface area contributed by atoms with E-state index in [-0.39, 0.29) is 5.91 Å². The second kappa shape index (κ2) is 8.61. The fourth-order valence-corrected chi connectivity index (χ4v) is 1.79. The van der Waals surface area contributed by atoms with E-state index in [9.17, 15) is 4.79 Å². The van der Waals surface area contributed by atoms with E-state index in [0.29, 0.717) is 5.95 Å². The molecule has 0 aliphatic rings. The molecule has 0 bridgehead atoms. The van der Waals surface area contributed by atoms with Gasteiger partial charge in [-0.2, -0.15) is 0 Å². The Bertz CT molecular complexity index is 364. The van der Waals surface area contributed by atoms with E-state index in [1.807, 2.05) is 13.8 Å². The molecule has 1 heterocycles. The van der Waals surface area contributed by atoms with Crippen molar-refractivity contribution in [2.45, 2.75) is 60.8 Å². The molecule has 0 unspecified atom stereocenters. The minimum Gasteiger partial charge on any atom is -0.295 e. The SMILES string of the molecule is CC.CCc1nc(NC(C)=O)nc(CC)c1CC. The summed E-state index contributed by atoms with van der Waals surface area (Å²) in [5, 5.41) is 2.64. The van der Waals surface area contributed by atoms with Gasteiger partial charge in [0.2, 0.25) is 11.9 Å². The maximum atomic E-state index is 11.0. The standard InChI is InChI=1S/C12H19N3O.C2H6/c1-5-9-10(6-2)14-12(13-8(4)16)15-11(9)7-3;1-2/h5-7H2,1-4H3,(H,13,14,15,16);1-2H3. The third-order valence-electron chi connectivity index (χ3n) is 2.49. The summed E-state index contributed by atoms with van der Waals surface area (Å²) in [4.78, 5) is 19.7. The van der Waals surface area contributed by atoms with Gasteiger partial charge in [0.05, 0.1) is 0 Å². The minimum absolute atomic E-state index is 0.131. The number of rotatable bonds is 4. The number of aromatic nitrogens is 2. The Morgan fingerprint density at radius 3 is 1.72 bits per heavy atom. The zero-order valence-corrected chi connectivity index (χ0v) is 12.4. The van der Waals surface area contributed by atoms with E-state index < -0.39 is 0 Å². The van der Waals surface area contributed by atoms with Crippen LogP contribution in [0, 0.1) is 0 Å². The molecule has 0 spiro atoms. The molecular weight excluding hydrogens is 226 g/mol. The normalized spacial score (nSPS) is 9.44. The van der Waals surface area contributed by atoms with Gasteiger partial charge in [0.25, 0.3) is 0 Å². The fourth-order valence-electron chi connectivity index (χ4n) is 1.79. The smallest absolute Gasteiger partial charge is 0.229 e. The van der Waals surface area contributed by atoms with E-state index in [1.165, 1.54) is 12.5 Å². The van der Waals surface area contributed by atoms with E-state index in [0.717, 1.165) is 30.7 Å². The Morgan fingerprint density at radius 1 is 1.00 bits per heavy atom. The summed E-state index contributed by atoms with van der Waals surface area (Å²) in [6, 6.07) is 0. The van der Waals surface area contributed by atoms with E-state index in [1.54, 1.807) is 0 Å². The molecular formula is C14H25N3O.